The van der Waals surface area contributed by atoms with E-state index in [0.717, 1.165) is 31.8 Å². The zero-order valence-electron chi connectivity index (χ0n) is 10.5. The predicted octanol–water partition coefficient (Wildman–Crippen LogP) is 1.38. The minimum absolute atomic E-state index is 0.456. The fourth-order valence-electron chi connectivity index (χ4n) is 2.84. The molecular weight excluding hydrogens is 200 g/mol. The van der Waals surface area contributed by atoms with Gasteiger partial charge in [0.05, 0.1) is 0 Å². The smallest absolute Gasteiger partial charge is 0.135 e. The Kier molecular flexibility index (Phi) is 4.36. The summed E-state index contributed by atoms with van der Waals surface area (Å²) in [6, 6.07) is 0. The van der Waals surface area contributed by atoms with Crippen LogP contribution in [-0.4, -0.2) is 54.9 Å². The Balaban J connectivity index is 1.68. The second-order valence-electron chi connectivity index (χ2n) is 5.22. The average Bonchev–Trinajstić information content (AvgIpc) is 2.33. The van der Waals surface area contributed by atoms with Crippen LogP contribution >= 0.6 is 0 Å². The SMILES string of the molecule is CCN1CCC(CN2CCC(=O)CC2)CC1. The van der Waals surface area contributed by atoms with Gasteiger partial charge >= 0.3 is 0 Å². The molecule has 2 heterocycles. The summed E-state index contributed by atoms with van der Waals surface area (Å²) < 4.78 is 0. The van der Waals surface area contributed by atoms with Crippen molar-refractivity contribution >= 4 is 5.78 Å². The number of nitrogens with zero attached hydrogens (tertiary/aromatic N) is 2. The molecule has 0 spiro atoms. The lowest BCUT2D eigenvalue weighted by atomic mass is 9.95. The zero-order chi connectivity index (χ0) is 11.4. The monoisotopic (exact) mass is 224 g/mol. The molecule has 2 aliphatic heterocycles. The van der Waals surface area contributed by atoms with Crippen LogP contribution in [0.25, 0.3) is 0 Å². The van der Waals surface area contributed by atoms with Crippen molar-refractivity contribution in [3.8, 4) is 0 Å². The molecule has 0 amide bonds. The minimum Gasteiger partial charge on any atom is -0.304 e. The molecule has 0 aromatic carbocycles. The van der Waals surface area contributed by atoms with Gasteiger partial charge in [0.1, 0.15) is 5.78 Å². The van der Waals surface area contributed by atoms with E-state index in [0.29, 0.717) is 5.78 Å². The van der Waals surface area contributed by atoms with E-state index >= 15 is 0 Å². The fourth-order valence-corrected chi connectivity index (χ4v) is 2.84. The Morgan fingerprint density at radius 1 is 1.06 bits per heavy atom. The Hall–Kier alpha value is -0.410. The van der Waals surface area contributed by atoms with E-state index in [-0.39, 0.29) is 0 Å². The zero-order valence-corrected chi connectivity index (χ0v) is 10.5. The van der Waals surface area contributed by atoms with Crippen molar-refractivity contribution in [1.29, 1.82) is 0 Å². The summed E-state index contributed by atoms with van der Waals surface area (Å²) in [5.74, 6) is 1.33. The van der Waals surface area contributed by atoms with Gasteiger partial charge in [-0.05, 0) is 38.4 Å². The van der Waals surface area contributed by atoms with Crippen LogP contribution in [0.15, 0.2) is 0 Å². The van der Waals surface area contributed by atoms with E-state index in [9.17, 15) is 4.79 Å². The Morgan fingerprint density at radius 3 is 2.25 bits per heavy atom. The summed E-state index contributed by atoms with van der Waals surface area (Å²) in [5.41, 5.74) is 0. The van der Waals surface area contributed by atoms with Gasteiger partial charge in [-0.1, -0.05) is 6.92 Å². The topological polar surface area (TPSA) is 23.6 Å². The lowest BCUT2D eigenvalue weighted by Gasteiger charge is -2.35. The molecule has 2 saturated heterocycles. The molecule has 0 saturated carbocycles. The molecule has 92 valence electrons. The van der Waals surface area contributed by atoms with Crippen LogP contribution in [0.3, 0.4) is 0 Å². The molecule has 0 unspecified atom stereocenters. The maximum atomic E-state index is 11.1. The highest BCUT2D eigenvalue weighted by atomic mass is 16.1. The number of piperidine rings is 2. The van der Waals surface area contributed by atoms with Gasteiger partial charge in [-0.15, -0.1) is 0 Å². The van der Waals surface area contributed by atoms with Crippen LogP contribution in [0.2, 0.25) is 0 Å². The van der Waals surface area contributed by atoms with Gasteiger partial charge in [-0.25, -0.2) is 0 Å². The third-order valence-corrected chi connectivity index (χ3v) is 4.08. The highest BCUT2D eigenvalue weighted by molar-refractivity contribution is 5.79. The molecular formula is C13H24N2O. The maximum absolute atomic E-state index is 11.1. The number of rotatable bonds is 3. The molecule has 0 atom stereocenters. The van der Waals surface area contributed by atoms with E-state index in [1.807, 2.05) is 0 Å². The second kappa shape index (κ2) is 5.78. The van der Waals surface area contributed by atoms with Gasteiger partial charge in [0.2, 0.25) is 0 Å². The third kappa shape index (κ3) is 3.29. The van der Waals surface area contributed by atoms with Crippen molar-refractivity contribution in [1.82, 2.24) is 9.80 Å². The van der Waals surface area contributed by atoms with Crippen molar-refractivity contribution in [2.45, 2.75) is 32.6 Å². The Bertz CT molecular complexity index is 224. The van der Waals surface area contributed by atoms with E-state index < -0.39 is 0 Å². The van der Waals surface area contributed by atoms with E-state index in [1.165, 1.54) is 39.0 Å². The first kappa shape index (κ1) is 12.1. The Labute approximate surface area is 98.8 Å². The number of hydrogen-bond acceptors (Lipinski definition) is 3. The molecule has 3 nitrogen and oxygen atoms in total. The van der Waals surface area contributed by atoms with Crippen molar-refractivity contribution in [3.05, 3.63) is 0 Å². The molecule has 0 bridgehead atoms. The van der Waals surface area contributed by atoms with Gasteiger partial charge in [0.15, 0.2) is 0 Å². The summed E-state index contributed by atoms with van der Waals surface area (Å²) in [5, 5.41) is 0. The predicted molar refractivity (Wildman–Crippen MR) is 65.5 cm³/mol. The molecule has 3 heteroatoms. The van der Waals surface area contributed by atoms with Crippen LogP contribution in [0.4, 0.5) is 0 Å². The molecule has 0 aromatic rings. The van der Waals surface area contributed by atoms with Crippen LogP contribution < -0.4 is 0 Å². The summed E-state index contributed by atoms with van der Waals surface area (Å²) >= 11 is 0. The first-order valence-electron chi connectivity index (χ1n) is 6.74. The number of ketones is 1. The highest BCUT2D eigenvalue weighted by Crippen LogP contribution is 2.19. The molecule has 0 aliphatic carbocycles. The Morgan fingerprint density at radius 2 is 1.69 bits per heavy atom. The second-order valence-corrected chi connectivity index (χ2v) is 5.22. The largest absolute Gasteiger partial charge is 0.304 e. The first-order valence-corrected chi connectivity index (χ1v) is 6.74. The fraction of sp³-hybridized carbons (Fsp3) is 0.923. The van der Waals surface area contributed by atoms with Crippen molar-refractivity contribution in [3.63, 3.8) is 0 Å². The van der Waals surface area contributed by atoms with Crippen molar-refractivity contribution < 1.29 is 4.79 Å². The quantitative estimate of drug-likeness (QED) is 0.723. The first-order chi connectivity index (χ1) is 7.78. The lowest BCUT2D eigenvalue weighted by molar-refractivity contribution is -0.121. The minimum atomic E-state index is 0.456. The average molecular weight is 224 g/mol. The van der Waals surface area contributed by atoms with Crippen LogP contribution in [0, 0.1) is 5.92 Å². The summed E-state index contributed by atoms with van der Waals surface area (Å²) in [6.45, 7) is 9.23. The van der Waals surface area contributed by atoms with Crippen LogP contribution in [0.5, 0.6) is 0 Å². The molecule has 0 N–H and O–H groups in total. The number of likely N-dealkylation sites (tertiary alicyclic amines) is 2. The van der Waals surface area contributed by atoms with Gasteiger partial charge in [0, 0.05) is 32.5 Å². The van der Waals surface area contributed by atoms with Crippen molar-refractivity contribution in [2.75, 3.05) is 39.3 Å². The lowest BCUT2D eigenvalue weighted by Crippen LogP contribution is -2.41. The van der Waals surface area contributed by atoms with E-state index in [4.69, 9.17) is 0 Å². The molecule has 0 aromatic heterocycles. The normalized spacial score (nSPS) is 26.2. The molecule has 0 radical (unpaired) electrons. The molecule has 2 fully saturated rings. The van der Waals surface area contributed by atoms with E-state index in [2.05, 4.69) is 16.7 Å². The third-order valence-electron chi connectivity index (χ3n) is 4.08. The van der Waals surface area contributed by atoms with Crippen molar-refractivity contribution in [2.24, 2.45) is 5.92 Å². The molecule has 16 heavy (non-hydrogen) atoms. The number of Topliss-reactive ketones (excluding diaryl/α,β-unsaturated/α-hetero) is 1. The van der Waals surface area contributed by atoms with Crippen LogP contribution in [-0.2, 0) is 4.79 Å². The number of carbonyl (C=O) groups is 1. The number of hydrogen-bond donors (Lipinski definition) is 0. The van der Waals surface area contributed by atoms with Gasteiger partial charge in [-0.3, -0.25) is 4.79 Å². The highest BCUT2D eigenvalue weighted by Gasteiger charge is 2.22. The molecule has 2 rings (SSSR count). The van der Waals surface area contributed by atoms with Gasteiger partial charge in [-0.2, -0.15) is 0 Å². The van der Waals surface area contributed by atoms with E-state index in [1.54, 1.807) is 0 Å². The maximum Gasteiger partial charge on any atom is 0.135 e. The summed E-state index contributed by atoms with van der Waals surface area (Å²) in [7, 11) is 0. The standard InChI is InChI=1S/C13H24N2O/c1-2-14-7-3-12(4-8-14)11-15-9-5-13(16)6-10-15/h12H,2-11H2,1H3. The number of carbonyl (C=O) groups excluding carboxylic acids is 1. The van der Waals surface area contributed by atoms with Gasteiger partial charge in [0.25, 0.3) is 0 Å². The van der Waals surface area contributed by atoms with Crippen LogP contribution in [0.1, 0.15) is 32.6 Å². The van der Waals surface area contributed by atoms with Gasteiger partial charge < -0.3 is 9.80 Å². The summed E-state index contributed by atoms with van der Waals surface area (Å²) in [6.07, 6.45) is 4.26. The summed E-state index contributed by atoms with van der Waals surface area (Å²) in [4.78, 5) is 16.2. The molecule has 2 aliphatic rings.